The van der Waals surface area contributed by atoms with Gasteiger partial charge in [0.1, 0.15) is 20.1 Å². The van der Waals surface area contributed by atoms with Crippen molar-refractivity contribution in [3.8, 4) is 0 Å². The molecule has 3 heterocycles. The van der Waals surface area contributed by atoms with Crippen molar-refractivity contribution in [2.24, 2.45) is 0 Å². The number of halogens is 2. The Morgan fingerprint density at radius 3 is 1.31 bits per heavy atom. The first-order chi connectivity index (χ1) is 12.2. The summed E-state index contributed by atoms with van der Waals surface area (Å²) in [5, 5.41) is 0.382. The van der Waals surface area contributed by atoms with Gasteiger partial charge in [-0.1, -0.05) is 23.2 Å². The monoisotopic (exact) mass is 436 g/mol. The molecule has 0 amide bonds. The summed E-state index contributed by atoms with van der Waals surface area (Å²) >= 11 is 11.4. The van der Waals surface area contributed by atoms with Crippen molar-refractivity contribution in [1.29, 1.82) is 0 Å². The van der Waals surface area contributed by atoms with Crippen molar-refractivity contribution in [3.63, 3.8) is 0 Å². The molecule has 1 aliphatic heterocycles. The summed E-state index contributed by atoms with van der Waals surface area (Å²) in [6.07, 6.45) is 2.36. The molecule has 26 heavy (non-hydrogen) atoms. The number of rotatable bonds is 4. The maximum absolute atomic E-state index is 12.6. The first-order valence-electron chi connectivity index (χ1n) is 7.45. The molecule has 1 saturated heterocycles. The largest absolute Gasteiger partial charge is 0.244 e. The van der Waals surface area contributed by atoms with Gasteiger partial charge in [0.15, 0.2) is 0 Å². The molecule has 140 valence electrons. The minimum atomic E-state index is -3.76. The number of pyridine rings is 2. The van der Waals surface area contributed by atoms with Gasteiger partial charge in [-0.15, -0.1) is 0 Å². The molecule has 0 radical (unpaired) electrons. The molecule has 12 heteroatoms. The average Bonchev–Trinajstić information content (AvgIpc) is 2.62. The van der Waals surface area contributed by atoms with E-state index in [2.05, 4.69) is 9.97 Å². The molecule has 3 rings (SSSR count). The van der Waals surface area contributed by atoms with E-state index in [0.717, 1.165) is 0 Å². The number of nitrogens with zero attached hydrogens (tertiary/aromatic N) is 4. The summed E-state index contributed by atoms with van der Waals surface area (Å²) in [5.74, 6) is 0. The van der Waals surface area contributed by atoms with E-state index in [0.29, 0.717) is 0 Å². The number of sulfonamides is 2. The van der Waals surface area contributed by atoms with E-state index in [4.69, 9.17) is 23.2 Å². The predicted molar refractivity (Wildman–Crippen MR) is 96.0 cm³/mol. The molecule has 0 aliphatic carbocycles. The van der Waals surface area contributed by atoms with Crippen LogP contribution in [0.25, 0.3) is 0 Å². The first kappa shape index (κ1) is 19.5. The molecule has 0 atom stereocenters. The molecule has 2 aromatic rings. The fourth-order valence-corrected chi connectivity index (χ4v) is 5.44. The van der Waals surface area contributed by atoms with Gasteiger partial charge in [-0.2, -0.15) is 8.61 Å². The number of piperazine rings is 1. The number of aromatic nitrogens is 2. The Kier molecular flexibility index (Phi) is 5.52. The van der Waals surface area contributed by atoms with E-state index in [1.54, 1.807) is 0 Å². The molecule has 1 fully saturated rings. The summed E-state index contributed by atoms with van der Waals surface area (Å²) in [7, 11) is -7.51. The third-order valence-electron chi connectivity index (χ3n) is 3.87. The van der Waals surface area contributed by atoms with E-state index in [1.165, 1.54) is 45.3 Å². The van der Waals surface area contributed by atoms with Crippen molar-refractivity contribution in [1.82, 2.24) is 18.6 Å². The standard InChI is InChI=1S/C14H14Cl2N4O4S2/c15-13-3-1-11(9-17-13)25(21,22)19-5-7-20(8-6-19)26(23,24)12-2-4-14(16)18-10-12/h1-4,9-10H,5-8H2. The van der Waals surface area contributed by atoms with Gasteiger partial charge in [-0.25, -0.2) is 26.8 Å². The van der Waals surface area contributed by atoms with E-state index < -0.39 is 20.0 Å². The molecular weight excluding hydrogens is 423 g/mol. The van der Waals surface area contributed by atoms with Crippen molar-refractivity contribution < 1.29 is 16.8 Å². The molecule has 0 N–H and O–H groups in total. The molecule has 8 nitrogen and oxygen atoms in total. The highest BCUT2D eigenvalue weighted by Crippen LogP contribution is 2.22. The van der Waals surface area contributed by atoms with Gasteiger partial charge < -0.3 is 0 Å². The lowest BCUT2D eigenvalue weighted by Gasteiger charge is -2.33. The molecule has 0 saturated carbocycles. The zero-order valence-corrected chi connectivity index (χ0v) is 16.4. The first-order valence-corrected chi connectivity index (χ1v) is 11.1. The second-order valence-electron chi connectivity index (χ2n) is 5.44. The van der Waals surface area contributed by atoms with E-state index in [1.807, 2.05) is 0 Å². The third kappa shape index (κ3) is 3.85. The zero-order chi connectivity index (χ0) is 18.9. The highest BCUT2D eigenvalue weighted by molar-refractivity contribution is 7.89. The van der Waals surface area contributed by atoms with Crippen LogP contribution in [0.5, 0.6) is 0 Å². The summed E-state index contributed by atoms with van der Waals surface area (Å²) < 4.78 is 52.9. The van der Waals surface area contributed by atoms with E-state index >= 15 is 0 Å². The normalized spacial score (nSPS) is 17.3. The highest BCUT2D eigenvalue weighted by Gasteiger charge is 2.34. The lowest BCUT2D eigenvalue weighted by molar-refractivity contribution is 0.272. The second kappa shape index (κ2) is 7.37. The summed E-state index contributed by atoms with van der Waals surface area (Å²) in [5.41, 5.74) is 0. The highest BCUT2D eigenvalue weighted by atomic mass is 35.5. The van der Waals surface area contributed by atoms with Crippen LogP contribution in [0.15, 0.2) is 46.5 Å². The van der Waals surface area contributed by atoms with Gasteiger partial charge in [-0.05, 0) is 24.3 Å². The van der Waals surface area contributed by atoms with E-state index in [9.17, 15) is 16.8 Å². The second-order valence-corrected chi connectivity index (χ2v) is 10.1. The fraction of sp³-hybridized carbons (Fsp3) is 0.286. The zero-order valence-electron chi connectivity index (χ0n) is 13.3. The molecule has 2 aromatic heterocycles. The lowest BCUT2D eigenvalue weighted by atomic mass is 10.4. The lowest BCUT2D eigenvalue weighted by Crippen LogP contribution is -2.50. The SMILES string of the molecule is O=S(=O)(c1ccc(Cl)nc1)N1CCN(S(=O)(=O)c2ccc(Cl)nc2)CC1. The Bertz CT molecular complexity index is 905. The van der Waals surface area contributed by atoms with Gasteiger partial charge in [-0.3, -0.25) is 0 Å². The van der Waals surface area contributed by atoms with Crippen molar-refractivity contribution in [3.05, 3.63) is 47.0 Å². The number of hydrogen-bond acceptors (Lipinski definition) is 6. The quantitative estimate of drug-likeness (QED) is 0.672. The molecule has 0 spiro atoms. The molecule has 0 bridgehead atoms. The van der Waals surface area contributed by atoms with Crippen molar-refractivity contribution in [2.75, 3.05) is 26.2 Å². The summed E-state index contributed by atoms with van der Waals surface area (Å²) in [4.78, 5) is 7.58. The smallest absolute Gasteiger partial charge is 0.243 e. The maximum atomic E-state index is 12.6. The van der Waals surface area contributed by atoms with Crippen LogP contribution < -0.4 is 0 Å². The minimum absolute atomic E-state index is 0.0140. The van der Waals surface area contributed by atoms with Crippen LogP contribution >= 0.6 is 23.2 Å². The third-order valence-corrected chi connectivity index (χ3v) is 8.09. The van der Waals surface area contributed by atoms with Gasteiger partial charge in [0.25, 0.3) is 0 Å². The Hall–Kier alpha value is -1.30. The Balaban J connectivity index is 1.74. The summed E-state index contributed by atoms with van der Waals surface area (Å²) in [6, 6.07) is 5.52. The van der Waals surface area contributed by atoms with Crippen molar-refractivity contribution in [2.45, 2.75) is 9.79 Å². The topological polar surface area (TPSA) is 101 Å². The fourth-order valence-electron chi connectivity index (χ4n) is 2.48. The predicted octanol–water partition coefficient (Wildman–Crippen LogP) is 1.48. The van der Waals surface area contributed by atoms with Crippen LogP contribution in [0.1, 0.15) is 0 Å². The Labute approximate surface area is 161 Å². The number of hydrogen-bond donors (Lipinski definition) is 0. The Morgan fingerprint density at radius 2 is 1.04 bits per heavy atom. The minimum Gasteiger partial charge on any atom is -0.243 e. The molecule has 0 unspecified atom stereocenters. The van der Waals surface area contributed by atoms with Crippen LogP contribution in [0.4, 0.5) is 0 Å². The summed E-state index contributed by atoms with van der Waals surface area (Å²) in [6.45, 7) is 0.132. The van der Waals surface area contributed by atoms with E-state index in [-0.39, 0.29) is 46.3 Å². The molecule has 0 aromatic carbocycles. The maximum Gasteiger partial charge on any atom is 0.244 e. The van der Waals surface area contributed by atoms with Crippen LogP contribution in [0.2, 0.25) is 10.3 Å². The van der Waals surface area contributed by atoms with Crippen LogP contribution in [-0.4, -0.2) is 61.6 Å². The van der Waals surface area contributed by atoms with Gasteiger partial charge in [0.2, 0.25) is 20.0 Å². The molecule has 1 aliphatic rings. The van der Waals surface area contributed by atoms with Crippen LogP contribution in [0.3, 0.4) is 0 Å². The van der Waals surface area contributed by atoms with Crippen LogP contribution in [-0.2, 0) is 20.0 Å². The average molecular weight is 437 g/mol. The van der Waals surface area contributed by atoms with Crippen LogP contribution in [0, 0.1) is 0 Å². The van der Waals surface area contributed by atoms with Crippen molar-refractivity contribution >= 4 is 43.2 Å². The molecular formula is C14H14Cl2N4O4S2. The van der Waals surface area contributed by atoms with Gasteiger partial charge in [0, 0.05) is 38.6 Å². The Morgan fingerprint density at radius 1 is 0.692 bits per heavy atom. The van der Waals surface area contributed by atoms with Gasteiger partial charge >= 0.3 is 0 Å². The van der Waals surface area contributed by atoms with Gasteiger partial charge in [0.05, 0.1) is 0 Å².